The minimum Gasteiger partial charge on any atom is -0.388 e. The first-order valence-corrected chi connectivity index (χ1v) is 30.8. The third-order valence-corrected chi connectivity index (χ3v) is 24.4. The molecule has 2 fully saturated rings. The first-order valence-electron chi connectivity index (χ1n) is 27.4. The third-order valence-electron chi connectivity index (χ3n) is 16.9. The average Bonchev–Trinajstić information content (AvgIpc) is 3.60. The zero-order chi connectivity index (χ0) is 53.5. The van der Waals surface area contributed by atoms with Crippen LogP contribution in [-0.4, -0.2) is 140 Å². The van der Waals surface area contributed by atoms with Crippen LogP contribution < -0.4 is 15.9 Å². The van der Waals surface area contributed by atoms with E-state index in [0.717, 1.165) is 57.5 Å². The Morgan fingerprint density at radius 1 is 0.795 bits per heavy atom. The molecule has 14 atom stereocenters. The fourth-order valence-electron chi connectivity index (χ4n) is 12.6. The fraction of sp³-hybridized carbons (Fsp3) is 0.661. The van der Waals surface area contributed by atoms with Crippen LogP contribution in [-0.2, 0) is 23.8 Å². The fourth-order valence-corrected chi connectivity index (χ4v) is 19.6. The summed E-state index contributed by atoms with van der Waals surface area (Å²) >= 11 is 8.32. The van der Waals surface area contributed by atoms with Crippen molar-refractivity contribution in [3.8, 4) is 11.1 Å². The molecule has 0 saturated carbocycles. The van der Waals surface area contributed by atoms with E-state index in [1.807, 2.05) is 32.8 Å². The predicted octanol–water partition coefficient (Wildman–Crippen LogP) is 8.44. The Labute approximate surface area is 441 Å². The van der Waals surface area contributed by atoms with E-state index in [1.165, 1.54) is 40.9 Å². The van der Waals surface area contributed by atoms with E-state index < -0.39 is 77.8 Å². The number of benzene rings is 3. The number of carbonyl (C=O) groups excluding carboxylic acids is 2. The normalized spacial score (nSPS) is 34.4. The van der Waals surface area contributed by atoms with Crippen molar-refractivity contribution in [2.45, 2.75) is 205 Å². The average molecular weight is 1050 g/mol. The summed E-state index contributed by atoms with van der Waals surface area (Å²) in [4.78, 5) is 31.7. The van der Waals surface area contributed by atoms with Crippen molar-refractivity contribution in [3.63, 3.8) is 0 Å². The van der Waals surface area contributed by atoms with Gasteiger partial charge in [-0.3, -0.25) is 9.59 Å². The Morgan fingerprint density at radius 3 is 1.89 bits per heavy atom. The molecule has 3 aliphatic heterocycles. The maximum atomic E-state index is 14.4. The summed E-state index contributed by atoms with van der Waals surface area (Å²) in [5, 5.41) is 63.4. The summed E-state index contributed by atoms with van der Waals surface area (Å²) in [6, 6.07) is 27.0. The molecule has 73 heavy (non-hydrogen) atoms. The van der Waals surface area contributed by atoms with E-state index in [-0.39, 0.29) is 49.8 Å². The van der Waals surface area contributed by atoms with Crippen molar-refractivity contribution in [1.82, 2.24) is 9.80 Å². The van der Waals surface area contributed by atoms with E-state index in [1.54, 1.807) is 32.6 Å². The molecular formula is C59H90ClN2O10P. The molecule has 0 unspecified atom stereocenters. The number of halogens is 1. The van der Waals surface area contributed by atoms with E-state index >= 15 is 0 Å². The standard InChI is InChI=1S/C59H90ClN2O10P/c1-11-50-59(8,69)54(66)43(6)62(38-39(2)37-58(7,68)55(41(4)52(64)42(5)56(67)71-50)72-57-53(65)47(61(9)10)36-40(3)70-57)51(63)34-22-17-15-13-12-14-16-18-27-35-73(60,44-28-20-19-21-29-44)48-32-25-23-30-45(48)46-31-24-26-33-49(46)73/h19-21,23-26,28-33,39-43,47,50,52-55,57,64-66,68-69H,11-18,22,27,34-38H2,1-10H3/t39-,40-,41+,42-,43-,47+,50-,52+,53-,54-,55-,57+,58-,59-/m1/s1. The van der Waals surface area contributed by atoms with Gasteiger partial charge in [0.05, 0.1) is 35.9 Å². The summed E-state index contributed by atoms with van der Waals surface area (Å²) in [6.07, 6.45) is 3.32. The van der Waals surface area contributed by atoms with Gasteiger partial charge >= 0.3 is 205 Å². The van der Waals surface area contributed by atoms with Crippen LogP contribution in [0.1, 0.15) is 139 Å². The number of likely N-dealkylation sites (N-methyl/N-ethyl adjacent to an activating group) is 1. The van der Waals surface area contributed by atoms with Gasteiger partial charge in [0.1, 0.15) is 23.9 Å². The number of hydrogen-bond donors (Lipinski definition) is 5. The number of aliphatic hydroxyl groups excluding tert-OH is 3. The van der Waals surface area contributed by atoms with E-state index in [4.69, 9.17) is 25.5 Å². The van der Waals surface area contributed by atoms with Gasteiger partial charge in [-0.05, 0) is 73.9 Å². The van der Waals surface area contributed by atoms with Crippen LogP contribution in [0.15, 0.2) is 78.9 Å². The van der Waals surface area contributed by atoms with Crippen LogP contribution in [0, 0.1) is 17.8 Å². The number of amides is 1. The zero-order valence-electron chi connectivity index (χ0n) is 45.5. The van der Waals surface area contributed by atoms with Crippen LogP contribution in [0.3, 0.4) is 0 Å². The van der Waals surface area contributed by atoms with E-state index in [9.17, 15) is 35.1 Å². The van der Waals surface area contributed by atoms with Gasteiger partial charge in [-0.1, -0.05) is 20.8 Å². The van der Waals surface area contributed by atoms with Gasteiger partial charge < -0.3 is 49.5 Å². The number of ether oxygens (including phenoxy) is 3. The van der Waals surface area contributed by atoms with Gasteiger partial charge in [-0.15, -0.1) is 0 Å². The number of carbonyl (C=O) groups is 2. The summed E-state index contributed by atoms with van der Waals surface area (Å²) < 4.78 is 18.6. The SMILES string of the molecule is CC[C@H]1OC(=O)[C@H](C)[C@@H](O)[C@H](C)[C@@H](O[C@@H]2O[C@H](C)C[C@H](N(C)C)[C@H]2O)[C@](C)(O)C[C@@H](C)CN(C(=O)CCCCCCCCCCCP2(Cl)(c3ccccc3)c3ccccc3-c3ccccc32)[C@H](C)[C@@H](O)[C@]1(C)O. The maximum Gasteiger partial charge on any atom is 0.126 e. The van der Waals surface area contributed by atoms with Crippen LogP contribution in [0.25, 0.3) is 11.1 Å². The van der Waals surface area contributed by atoms with Crippen molar-refractivity contribution in [2.24, 2.45) is 17.8 Å². The molecule has 14 heteroatoms. The molecule has 3 aliphatic rings. The Kier molecular flexibility index (Phi) is 20.3. The van der Waals surface area contributed by atoms with Gasteiger partial charge in [0, 0.05) is 18.5 Å². The molecule has 3 aromatic carbocycles. The molecular weight excluding hydrogens is 963 g/mol. The monoisotopic (exact) mass is 1050 g/mol. The molecule has 3 aromatic rings. The Balaban J connectivity index is 1.07. The molecule has 12 nitrogen and oxygen atoms in total. The van der Waals surface area contributed by atoms with Crippen molar-refractivity contribution < 1.29 is 49.3 Å². The largest absolute Gasteiger partial charge is 0.388 e. The zero-order valence-corrected chi connectivity index (χ0v) is 47.2. The van der Waals surface area contributed by atoms with Crippen molar-refractivity contribution in [1.29, 1.82) is 0 Å². The molecule has 6 rings (SSSR count). The molecule has 2 saturated heterocycles. The number of esters is 1. The molecule has 0 bridgehead atoms. The Bertz CT molecular complexity index is 2220. The summed E-state index contributed by atoms with van der Waals surface area (Å²) in [7, 11) is 3.74. The second-order valence-electron chi connectivity index (χ2n) is 22.9. The van der Waals surface area contributed by atoms with Gasteiger partial charge in [0.2, 0.25) is 0 Å². The van der Waals surface area contributed by atoms with Gasteiger partial charge in [0.25, 0.3) is 0 Å². The van der Waals surface area contributed by atoms with Crippen molar-refractivity contribution in [3.05, 3.63) is 78.9 Å². The van der Waals surface area contributed by atoms with Crippen LogP contribution in [0.2, 0.25) is 0 Å². The minimum atomic E-state index is -3.20. The van der Waals surface area contributed by atoms with E-state index in [0.29, 0.717) is 12.8 Å². The van der Waals surface area contributed by atoms with Gasteiger partial charge in [0.15, 0.2) is 6.29 Å². The number of nitrogens with zero attached hydrogens (tertiary/aromatic N) is 2. The van der Waals surface area contributed by atoms with Crippen LogP contribution in [0.4, 0.5) is 0 Å². The number of unbranched alkanes of at least 4 members (excludes halogenated alkanes) is 8. The second kappa shape index (κ2) is 25.0. The minimum absolute atomic E-state index is 0.0907. The van der Waals surface area contributed by atoms with Crippen LogP contribution in [0.5, 0.6) is 0 Å². The number of fused-ring (bicyclic) bond motifs is 3. The predicted molar refractivity (Wildman–Crippen MR) is 295 cm³/mol. The summed E-state index contributed by atoms with van der Waals surface area (Å²) in [6.45, 7) is 13.6. The Morgan fingerprint density at radius 2 is 1.33 bits per heavy atom. The topological polar surface area (TPSA) is 169 Å². The van der Waals surface area contributed by atoms with E-state index in [2.05, 4.69) is 78.9 Å². The van der Waals surface area contributed by atoms with Crippen molar-refractivity contribution in [2.75, 3.05) is 26.8 Å². The molecule has 0 radical (unpaired) electrons. The Hall–Kier alpha value is -3.00. The molecule has 5 N–H and O–H groups in total. The first kappa shape index (κ1) is 59.2. The summed E-state index contributed by atoms with van der Waals surface area (Å²) in [5.74, 6) is -6.55. The summed E-state index contributed by atoms with van der Waals surface area (Å²) in [5.41, 5.74) is -1.11. The number of cyclic esters (lactones) is 1. The molecule has 0 aromatic heterocycles. The maximum absolute atomic E-state index is 14.4. The molecule has 408 valence electrons. The third kappa shape index (κ3) is 12.7. The van der Waals surface area contributed by atoms with Gasteiger partial charge in [-0.25, -0.2) is 0 Å². The number of aliphatic hydroxyl groups is 5. The van der Waals surface area contributed by atoms with Crippen molar-refractivity contribution >= 4 is 45.0 Å². The first-order chi connectivity index (χ1) is 34.5. The van der Waals surface area contributed by atoms with Gasteiger partial charge in [-0.2, -0.15) is 0 Å². The number of hydrogen-bond acceptors (Lipinski definition) is 11. The second-order valence-corrected chi connectivity index (χ2v) is 29.5. The molecule has 1 amide bonds. The molecule has 3 heterocycles. The van der Waals surface area contributed by atoms with Crippen LogP contribution >= 0.6 is 17.2 Å². The molecule has 0 aliphatic carbocycles. The molecule has 0 spiro atoms. The smallest absolute Gasteiger partial charge is 0.126 e. The number of rotatable bonds is 17. The quantitative estimate of drug-likeness (QED) is 0.0500.